The average Bonchev–Trinajstić information content (AvgIpc) is 3.15. The van der Waals surface area contributed by atoms with E-state index in [9.17, 15) is 9.50 Å². The predicted octanol–water partition coefficient (Wildman–Crippen LogP) is 3.89. The Morgan fingerprint density at radius 3 is 2.97 bits per heavy atom. The largest absolute Gasteiger partial charge is 0.504 e. The average molecular weight is 401 g/mol. The van der Waals surface area contributed by atoms with Crippen molar-refractivity contribution in [1.82, 2.24) is 14.9 Å². The Morgan fingerprint density at radius 1 is 1.34 bits per heavy atom. The summed E-state index contributed by atoms with van der Waals surface area (Å²) in [5.41, 5.74) is 0.724. The lowest BCUT2D eigenvalue weighted by atomic mass is 9.84. The zero-order valence-corrected chi connectivity index (χ0v) is 17.1. The van der Waals surface area contributed by atoms with Gasteiger partial charge >= 0.3 is 0 Å². The molecule has 8 heteroatoms. The van der Waals surface area contributed by atoms with Crippen molar-refractivity contribution in [2.24, 2.45) is 0 Å². The summed E-state index contributed by atoms with van der Waals surface area (Å²) in [7, 11) is 1.48. The van der Waals surface area contributed by atoms with Crippen LogP contribution >= 0.6 is 0 Å². The van der Waals surface area contributed by atoms with E-state index < -0.39 is 5.82 Å². The molecule has 3 heterocycles. The molecule has 29 heavy (non-hydrogen) atoms. The number of piperidine rings is 1. The van der Waals surface area contributed by atoms with E-state index in [0.29, 0.717) is 17.5 Å². The normalized spacial score (nSPS) is 23.4. The number of halogens is 1. The number of ether oxygens (including phenoxy) is 1. The third-order valence-electron chi connectivity index (χ3n) is 5.98. The molecule has 2 atom stereocenters. The van der Waals surface area contributed by atoms with Crippen LogP contribution < -0.4 is 15.4 Å². The van der Waals surface area contributed by atoms with Gasteiger partial charge in [-0.15, -0.1) is 0 Å². The zero-order chi connectivity index (χ0) is 20.6. The van der Waals surface area contributed by atoms with Gasteiger partial charge in [0.25, 0.3) is 0 Å². The van der Waals surface area contributed by atoms with Crippen LogP contribution in [0.3, 0.4) is 0 Å². The van der Waals surface area contributed by atoms with Gasteiger partial charge in [0.15, 0.2) is 23.1 Å². The van der Waals surface area contributed by atoms with Crippen molar-refractivity contribution in [3.05, 3.63) is 30.2 Å². The number of benzene rings is 1. The second-order valence-electron chi connectivity index (χ2n) is 8.48. The summed E-state index contributed by atoms with van der Waals surface area (Å²) in [6.45, 7) is 5.68. The fourth-order valence-corrected chi connectivity index (χ4v) is 4.73. The molecule has 0 bridgehead atoms. The molecule has 1 aromatic heterocycles. The lowest BCUT2D eigenvalue weighted by molar-refractivity contribution is 0.0500. The molecule has 0 radical (unpaired) electrons. The lowest BCUT2D eigenvalue weighted by Crippen LogP contribution is -2.55. The van der Waals surface area contributed by atoms with Crippen LogP contribution in [0.15, 0.2) is 24.4 Å². The highest BCUT2D eigenvalue weighted by atomic mass is 19.1. The summed E-state index contributed by atoms with van der Waals surface area (Å²) >= 11 is 0. The molecule has 0 saturated carbocycles. The summed E-state index contributed by atoms with van der Waals surface area (Å²) in [5.74, 6) is 0.396. The monoisotopic (exact) mass is 401 g/mol. The van der Waals surface area contributed by atoms with Crippen molar-refractivity contribution in [3.63, 3.8) is 0 Å². The minimum absolute atomic E-state index is 0.0429. The highest BCUT2D eigenvalue weighted by molar-refractivity contribution is 5.60. The van der Waals surface area contributed by atoms with Crippen molar-refractivity contribution in [1.29, 1.82) is 0 Å². The first-order valence-electron chi connectivity index (χ1n) is 10.1. The van der Waals surface area contributed by atoms with E-state index in [1.54, 1.807) is 12.1 Å². The molecule has 2 aliphatic rings. The smallest absolute Gasteiger partial charge is 0.229 e. The van der Waals surface area contributed by atoms with Gasteiger partial charge in [-0.2, -0.15) is 4.98 Å². The van der Waals surface area contributed by atoms with Gasteiger partial charge in [0, 0.05) is 29.4 Å². The second kappa shape index (κ2) is 7.67. The fourth-order valence-electron chi connectivity index (χ4n) is 4.73. The standard InChI is InChI=1S/C21H28FN5O2/c1-21(2)11-14(9-15-5-4-8-27(15)21)24-19-16(22)12-23-20(26-19)25-13-6-7-17(28)18(10-13)29-3/h6-7,10,12,14-15,28H,4-5,8-9,11H2,1-3H3,(H2,23,24,25,26)/t14-,15+/m1/s1. The van der Waals surface area contributed by atoms with Crippen LogP contribution in [0.2, 0.25) is 0 Å². The first-order valence-corrected chi connectivity index (χ1v) is 10.1. The fraction of sp³-hybridized carbons (Fsp3) is 0.524. The van der Waals surface area contributed by atoms with Crippen molar-refractivity contribution in [3.8, 4) is 11.5 Å². The number of aromatic hydroxyl groups is 1. The van der Waals surface area contributed by atoms with E-state index in [-0.39, 0.29) is 29.1 Å². The molecule has 1 aromatic carbocycles. The van der Waals surface area contributed by atoms with Gasteiger partial charge < -0.3 is 20.5 Å². The van der Waals surface area contributed by atoms with Gasteiger partial charge in [0.05, 0.1) is 13.3 Å². The Bertz CT molecular complexity index is 891. The number of phenolic OH excluding ortho intramolecular Hbond substituents is 1. The maximum Gasteiger partial charge on any atom is 0.229 e. The zero-order valence-electron chi connectivity index (χ0n) is 17.1. The van der Waals surface area contributed by atoms with Crippen molar-refractivity contribution < 1.29 is 14.2 Å². The van der Waals surface area contributed by atoms with Gasteiger partial charge in [-0.25, -0.2) is 9.37 Å². The second-order valence-corrected chi connectivity index (χ2v) is 8.48. The first-order chi connectivity index (χ1) is 13.9. The van der Waals surface area contributed by atoms with Crippen LogP contribution in [0.4, 0.5) is 21.8 Å². The molecule has 0 aliphatic carbocycles. The summed E-state index contributed by atoms with van der Waals surface area (Å²) < 4.78 is 19.5. The van der Waals surface area contributed by atoms with Gasteiger partial charge in [-0.05, 0) is 58.2 Å². The summed E-state index contributed by atoms with van der Waals surface area (Å²) in [5, 5.41) is 16.1. The molecule has 2 saturated heterocycles. The highest BCUT2D eigenvalue weighted by Crippen LogP contribution is 2.38. The van der Waals surface area contributed by atoms with Crippen LogP contribution in [0.25, 0.3) is 0 Å². The number of nitrogens with one attached hydrogen (secondary N) is 2. The van der Waals surface area contributed by atoms with Crippen molar-refractivity contribution in [2.45, 2.75) is 57.2 Å². The van der Waals surface area contributed by atoms with Gasteiger partial charge in [-0.1, -0.05) is 0 Å². The minimum atomic E-state index is -0.467. The Hall–Kier alpha value is -2.61. The molecule has 4 rings (SSSR count). The van der Waals surface area contributed by atoms with Gasteiger partial charge in [0.2, 0.25) is 5.95 Å². The predicted molar refractivity (Wildman–Crippen MR) is 110 cm³/mol. The van der Waals surface area contributed by atoms with Gasteiger partial charge in [-0.3, -0.25) is 4.90 Å². The number of nitrogens with zero attached hydrogens (tertiary/aromatic N) is 3. The topological polar surface area (TPSA) is 82.5 Å². The summed E-state index contributed by atoms with van der Waals surface area (Å²) in [4.78, 5) is 11.0. The molecular formula is C21H28FN5O2. The third-order valence-corrected chi connectivity index (χ3v) is 5.98. The maximum absolute atomic E-state index is 14.4. The molecule has 7 nitrogen and oxygen atoms in total. The summed E-state index contributed by atoms with van der Waals surface area (Å²) in [6, 6.07) is 5.53. The number of rotatable bonds is 5. The molecule has 0 unspecified atom stereocenters. The third kappa shape index (κ3) is 4.07. The molecule has 2 aliphatic heterocycles. The van der Waals surface area contributed by atoms with Crippen LogP contribution in [0, 0.1) is 5.82 Å². The van der Waals surface area contributed by atoms with E-state index in [1.807, 2.05) is 0 Å². The van der Waals surface area contributed by atoms with E-state index in [2.05, 4.69) is 39.3 Å². The Morgan fingerprint density at radius 2 is 2.17 bits per heavy atom. The van der Waals surface area contributed by atoms with E-state index in [4.69, 9.17) is 4.74 Å². The van der Waals surface area contributed by atoms with Crippen molar-refractivity contribution in [2.75, 3.05) is 24.3 Å². The first kappa shape index (κ1) is 19.7. The molecule has 0 amide bonds. The SMILES string of the molecule is COc1cc(Nc2ncc(F)c(N[C@@H]3C[C@@H]4CCCN4C(C)(C)C3)n2)ccc1O. The van der Waals surface area contributed by atoms with E-state index in [1.165, 1.54) is 32.2 Å². The molecular weight excluding hydrogens is 373 g/mol. The minimum Gasteiger partial charge on any atom is -0.504 e. The molecule has 0 spiro atoms. The Balaban J connectivity index is 1.50. The maximum atomic E-state index is 14.4. The Kier molecular flexibility index (Phi) is 5.21. The molecule has 3 N–H and O–H groups in total. The number of phenols is 1. The number of methoxy groups -OCH3 is 1. The van der Waals surface area contributed by atoms with Crippen LogP contribution in [-0.4, -0.2) is 51.3 Å². The van der Waals surface area contributed by atoms with Crippen LogP contribution in [-0.2, 0) is 0 Å². The van der Waals surface area contributed by atoms with Crippen LogP contribution in [0.5, 0.6) is 11.5 Å². The number of fused-ring (bicyclic) bond motifs is 1. The number of hydrogen-bond acceptors (Lipinski definition) is 7. The van der Waals surface area contributed by atoms with Gasteiger partial charge in [0.1, 0.15) is 0 Å². The number of hydrogen-bond donors (Lipinski definition) is 3. The number of aromatic nitrogens is 2. The number of anilines is 3. The summed E-state index contributed by atoms with van der Waals surface area (Å²) in [6.07, 6.45) is 5.52. The molecule has 2 aromatic rings. The highest BCUT2D eigenvalue weighted by Gasteiger charge is 2.43. The van der Waals surface area contributed by atoms with Crippen molar-refractivity contribution >= 4 is 17.5 Å². The Labute approximate surface area is 170 Å². The molecule has 156 valence electrons. The van der Waals surface area contributed by atoms with Crippen LogP contribution in [0.1, 0.15) is 39.5 Å². The quantitative estimate of drug-likeness (QED) is 0.656. The molecule has 2 fully saturated rings. The van der Waals surface area contributed by atoms with E-state index >= 15 is 0 Å². The lowest BCUT2D eigenvalue weighted by Gasteiger charge is -2.47. The van der Waals surface area contributed by atoms with E-state index in [0.717, 1.165) is 19.4 Å².